The first-order valence-electron chi connectivity index (χ1n) is 5.17. The van der Waals surface area contributed by atoms with E-state index in [1.165, 1.54) is 42.0 Å². The van der Waals surface area contributed by atoms with Gasteiger partial charge >= 0.3 is 5.97 Å². The van der Waals surface area contributed by atoms with Crippen molar-refractivity contribution in [3.63, 3.8) is 0 Å². The lowest BCUT2D eigenvalue weighted by atomic mass is 10.2. The Morgan fingerprint density at radius 1 is 1.26 bits per heavy atom. The first-order valence-corrected chi connectivity index (χ1v) is 7.21. The van der Waals surface area contributed by atoms with Gasteiger partial charge in [-0.1, -0.05) is 11.8 Å². The number of aromatic carboxylic acids is 1. The maximum absolute atomic E-state index is 13.3. The lowest BCUT2D eigenvalue weighted by molar-refractivity contribution is 0.0691. The topological polar surface area (TPSA) is 63.1 Å². The number of hydrogen-bond donors (Lipinski definition) is 1. The summed E-state index contributed by atoms with van der Waals surface area (Å²) in [5.41, 5.74) is -0.343. The van der Waals surface area contributed by atoms with Gasteiger partial charge in [0.15, 0.2) is 0 Å². The maximum atomic E-state index is 13.3. The summed E-state index contributed by atoms with van der Waals surface area (Å²) in [5, 5.41) is 10.4. The van der Waals surface area contributed by atoms with Crippen molar-refractivity contribution in [3.05, 3.63) is 42.0 Å². The summed E-state index contributed by atoms with van der Waals surface area (Å²) in [5.74, 6) is -2.03. The molecule has 0 aliphatic rings. The summed E-state index contributed by atoms with van der Waals surface area (Å²) in [6, 6.07) is 5.75. The summed E-state index contributed by atoms with van der Waals surface area (Å²) < 4.78 is 13.3. The van der Waals surface area contributed by atoms with Crippen LogP contribution in [-0.4, -0.2) is 27.3 Å². The van der Waals surface area contributed by atoms with Crippen molar-refractivity contribution in [1.82, 2.24) is 9.97 Å². The van der Waals surface area contributed by atoms with Gasteiger partial charge in [-0.3, -0.25) is 0 Å². The molecular weight excluding hydrogens is 287 g/mol. The van der Waals surface area contributed by atoms with Crippen molar-refractivity contribution >= 4 is 29.5 Å². The summed E-state index contributed by atoms with van der Waals surface area (Å²) in [6.45, 7) is 0. The van der Waals surface area contributed by atoms with Gasteiger partial charge in [0.05, 0.1) is 5.56 Å². The third-order valence-electron chi connectivity index (χ3n) is 2.22. The van der Waals surface area contributed by atoms with E-state index in [1.54, 1.807) is 6.07 Å². The van der Waals surface area contributed by atoms with Crippen LogP contribution >= 0.6 is 23.5 Å². The lowest BCUT2D eigenvalue weighted by Crippen LogP contribution is -2.00. The molecule has 4 nitrogen and oxygen atoms in total. The average molecular weight is 296 g/mol. The predicted octanol–water partition coefficient (Wildman–Crippen LogP) is 3.19. The van der Waals surface area contributed by atoms with Crippen molar-refractivity contribution in [2.45, 2.75) is 14.9 Å². The van der Waals surface area contributed by atoms with Crippen LogP contribution in [-0.2, 0) is 0 Å². The second-order valence-electron chi connectivity index (χ2n) is 3.45. The molecule has 0 unspecified atom stereocenters. The minimum absolute atomic E-state index is 0.343. The van der Waals surface area contributed by atoms with Crippen molar-refractivity contribution in [2.75, 3.05) is 6.26 Å². The number of benzene rings is 1. The van der Waals surface area contributed by atoms with E-state index in [2.05, 4.69) is 9.97 Å². The third kappa shape index (κ3) is 3.45. The first-order chi connectivity index (χ1) is 9.10. The molecule has 1 aromatic carbocycles. The van der Waals surface area contributed by atoms with E-state index in [0.717, 1.165) is 11.1 Å². The van der Waals surface area contributed by atoms with E-state index in [1.807, 2.05) is 6.26 Å². The van der Waals surface area contributed by atoms with E-state index in [-0.39, 0.29) is 5.56 Å². The van der Waals surface area contributed by atoms with Gasteiger partial charge in [-0.2, -0.15) is 0 Å². The van der Waals surface area contributed by atoms with Crippen molar-refractivity contribution < 1.29 is 14.3 Å². The fraction of sp³-hybridized carbons (Fsp3) is 0.0833. The molecular formula is C12H9FN2O2S2. The molecule has 2 aromatic rings. The molecule has 7 heteroatoms. The van der Waals surface area contributed by atoms with Crippen molar-refractivity contribution in [1.29, 1.82) is 0 Å². The molecule has 19 heavy (non-hydrogen) atoms. The number of nitrogens with zero attached hydrogens (tertiary/aromatic N) is 2. The van der Waals surface area contributed by atoms with Crippen LogP contribution in [0.3, 0.4) is 0 Å². The molecule has 0 aliphatic heterocycles. The van der Waals surface area contributed by atoms with Crippen LogP contribution in [0.5, 0.6) is 0 Å². The molecule has 0 fully saturated rings. The molecule has 0 spiro atoms. The molecule has 0 amide bonds. The Bertz CT molecular complexity index is 622. The van der Waals surface area contributed by atoms with Crippen molar-refractivity contribution in [2.24, 2.45) is 0 Å². The Morgan fingerprint density at radius 3 is 2.68 bits per heavy atom. The fourth-order valence-electron chi connectivity index (χ4n) is 1.34. The predicted molar refractivity (Wildman–Crippen MR) is 71.3 cm³/mol. The second-order valence-corrected chi connectivity index (χ2v) is 5.37. The van der Waals surface area contributed by atoms with Gasteiger partial charge in [-0.25, -0.2) is 19.2 Å². The van der Waals surface area contributed by atoms with Crippen LogP contribution in [0, 0.1) is 5.82 Å². The van der Waals surface area contributed by atoms with E-state index >= 15 is 0 Å². The zero-order valence-corrected chi connectivity index (χ0v) is 11.5. The fourth-order valence-corrected chi connectivity index (χ4v) is 2.62. The molecule has 0 saturated heterocycles. The number of rotatable bonds is 4. The number of carboxylic acids is 1. The average Bonchev–Trinajstić information content (AvgIpc) is 2.41. The molecule has 2 rings (SSSR count). The molecule has 0 bridgehead atoms. The number of carboxylic acid groups (broad SMARTS) is 1. The quantitative estimate of drug-likeness (QED) is 0.690. The van der Waals surface area contributed by atoms with E-state index in [4.69, 9.17) is 5.11 Å². The van der Waals surface area contributed by atoms with E-state index < -0.39 is 11.8 Å². The highest BCUT2D eigenvalue weighted by Gasteiger charge is 2.11. The zero-order chi connectivity index (χ0) is 13.8. The number of carbonyl (C=O) groups is 1. The standard InChI is InChI=1S/C12H9FN2O2S2/c1-18-10-5-11(15-6-14-10)19-7-2-3-9(13)8(4-7)12(16)17/h2-6H,1H3,(H,16,17). The minimum atomic E-state index is -1.28. The van der Waals surface area contributed by atoms with Gasteiger partial charge in [-0.05, 0) is 24.5 Å². The monoisotopic (exact) mass is 296 g/mol. The Hall–Kier alpha value is -1.60. The number of hydrogen-bond acceptors (Lipinski definition) is 5. The Labute approximate surface area is 117 Å². The lowest BCUT2D eigenvalue weighted by Gasteiger charge is -2.04. The summed E-state index contributed by atoms with van der Waals surface area (Å²) in [6.07, 6.45) is 3.34. The maximum Gasteiger partial charge on any atom is 0.338 e. The number of halogens is 1. The van der Waals surface area contributed by atoms with Gasteiger partial charge in [0.25, 0.3) is 0 Å². The zero-order valence-electron chi connectivity index (χ0n) is 9.83. The van der Waals surface area contributed by atoms with Gasteiger partial charge in [0.1, 0.15) is 22.2 Å². The first kappa shape index (κ1) is 13.8. The Morgan fingerprint density at radius 2 is 2.00 bits per heavy atom. The van der Waals surface area contributed by atoms with Crippen LogP contribution in [0.25, 0.3) is 0 Å². The minimum Gasteiger partial charge on any atom is -0.478 e. The Balaban J connectivity index is 2.28. The highest BCUT2D eigenvalue weighted by Crippen LogP contribution is 2.28. The molecule has 0 saturated carbocycles. The van der Waals surface area contributed by atoms with Crippen LogP contribution in [0.1, 0.15) is 10.4 Å². The molecule has 1 heterocycles. The highest BCUT2D eigenvalue weighted by atomic mass is 32.2. The highest BCUT2D eigenvalue weighted by molar-refractivity contribution is 7.99. The van der Waals surface area contributed by atoms with Gasteiger partial charge in [0, 0.05) is 11.0 Å². The van der Waals surface area contributed by atoms with Gasteiger partial charge in [0.2, 0.25) is 0 Å². The molecule has 1 aromatic heterocycles. The second kappa shape index (κ2) is 6.03. The van der Waals surface area contributed by atoms with Crippen LogP contribution in [0.15, 0.2) is 45.5 Å². The third-order valence-corrected chi connectivity index (χ3v) is 3.78. The van der Waals surface area contributed by atoms with Gasteiger partial charge in [-0.15, -0.1) is 11.8 Å². The van der Waals surface area contributed by atoms with E-state index in [0.29, 0.717) is 9.92 Å². The number of thioether (sulfide) groups is 1. The SMILES string of the molecule is CSc1cc(Sc2ccc(F)c(C(=O)O)c2)ncn1. The van der Waals surface area contributed by atoms with Crippen molar-refractivity contribution in [3.8, 4) is 0 Å². The van der Waals surface area contributed by atoms with E-state index in [9.17, 15) is 9.18 Å². The van der Waals surface area contributed by atoms with Gasteiger partial charge < -0.3 is 5.11 Å². The molecule has 0 atom stereocenters. The molecule has 0 radical (unpaired) electrons. The molecule has 1 N–H and O–H groups in total. The summed E-state index contributed by atoms with van der Waals surface area (Å²) in [7, 11) is 0. The summed E-state index contributed by atoms with van der Waals surface area (Å²) >= 11 is 2.75. The van der Waals surface area contributed by atoms with Crippen LogP contribution < -0.4 is 0 Å². The normalized spacial score (nSPS) is 10.4. The number of aromatic nitrogens is 2. The summed E-state index contributed by atoms with van der Waals surface area (Å²) in [4.78, 5) is 19.6. The molecule has 98 valence electrons. The smallest absolute Gasteiger partial charge is 0.338 e. The molecule has 0 aliphatic carbocycles. The van der Waals surface area contributed by atoms with Crippen LogP contribution in [0.2, 0.25) is 0 Å². The largest absolute Gasteiger partial charge is 0.478 e. The van der Waals surface area contributed by atoms with Crippen LogP contribution in [0.4, 0.5) is 4.39 Å². The Kier molecular flexibility index (Phi) is 4.39.